The molecule has 0 fully saturated rings. The summed E-state index contributed by atoms with van der Waals surface area (Å²) in [6, 6.07) is 0. The summed E-state index contributed by atoms with van der Waals surface area (Å²) in [4.78, 5) is 16.5. The molecule has 1 amide bonds. The number of aromatic nitrogens is 2. The number of amides is 1. The van der Waals surface area contributed by atoms with Crippen LogP contribution in [-0.2, 0) is 17.4 Å². The highest BCUT2D eigenvalue weighted by atomic mass is 19.4. The SMILES string of the molecule is CC(O)CCN(C)C(=O)CC(O)(c1nccn1C)C(F)(F)F. The molecule has 0 spiro atoms. The molecule has 0 aromatic carbocycles. The third-order valence-corrected chi connectivity index (χ3v) is 3.38. The summed E-state index contributed by atoms with van der Waals surface area (Å²) in [6.45, 7) is 1.60. The number of rotatable bonds is 6. The van der Waals surface area contributed by atoms with Crippen LogP contribution in [0.4, 0.5) is 13.2 Å². The Morgan fingerprint density at radius 1 is 1.50 bits per heavy atom. The number of imidazole rings is 1. The molecular formula is C13H20F3N3O3. The van der Waals surface area contributed by atoms with Gasteiger partial charge in [0.05, 0.1) is 12.5 Å². The molecule has 0 saturated carbocycles. The number of aliphatic hydroxyl groups is 2. The van der Waals surface area contributed by atoms with Gasteiger partial charge in [0.25, 0.3) is 0 Å². The van der Waals surface area contributed by atoms with Gasteiger partial charge in [-0.1, -0.05) is 0 Å². The molecule has 2 N–H and O–H groups in total. The molecule has 0 saturated heterocycles. The molecule has 0 aliphatic heterocycles. The first-order chi connectivity index (χ1) is 9.99. The molecular weight excluding hydrogens is 303 g/mol. The number of carbonyl (C=O) groups is 1. The van der Waals surface area contributed by atoms with Crippen molar-refractivity contribution in [1.82, 2.24) is 14.5 Å². The Hall–Kier alpha value is -1.61. The zero-order valence-corrected chi connectivity index (χ0v) is 12.6. The van der Waals surface area contributed by atoms with Crippen LogP contribution in [0.1, 0.15) is 25.6 Å². The molecule has 9 heteroatoms. The van der Waals surface area contributed by atoms with Crippen molar-refractivity contribution in [3.63, 3.8) is 0 Å². The number of aliphatic hydroxyl groups excluding tert-OH is 1. The van der Waals surface area contributed by atoms with E-state index in [1.165, 1.54) is 27.2 Å². The van der Waals surface area contributed by atoms with Gasteiger partial charge in [-0.15, -0.1) is 0 Å². The average molecular weight is 323 g/mol. The lowest BCUT2D eigenvalue weighted by Crippen LogP contribution is -2.48. The quantitative estimate of drug-likeness (QED) is 0.811. The third kappa shape index (κ3) is 3.98. The van der Waals surface area contributed by atoms with Gasteiger partial charge >= 0.3 is 6.18 Å². The van der Waals surface area contributed by atoms with Crippen molar-refractivity contribution in [2.24, 2.45) is 7.05 Å². The van der Waals surface area contributed by atoms with E-state index in [1.54, 1.807) is 0 Å². The number of nitrogens with zero attached hydrogens (tertiary/aromatic N) is 3. The molecule has 6 nitrogen and oxygen atoms in total. The van der Waals surface area contributed by atoms with Gasteiger partial charge in [0.15, 0.2) is 5.82 Å². The fourth-order valence-electron chi connectivity index (χ4n) is 1.93. The van der Waals surface area contributed by atoms with Crippen molar-refractivity contribution in [2.75, 3.05) is 13.6 Å². The highest BCUT2D eigenvalue weighted by Gasteiger charge is 2.58. The van der Waals surface area contributed by atoms with Crippen molar-refractivity contribution >= 4 is 5.91 Å². The van der Waals surface area contributed by atoms with Crippen LogP contribution in [-0.4, -0.2) is 56.4 Å². The second-order valence-corrected chi connectivity index (χ2v) is 5.35. The lowest BCUT2D eigenvalue weighted by molar-refractivity contribution is -0.271. The van der Waals surface area contributed by atoms with E-state index in [0.717, 1.165) is 15.7 Å². The molecule has 0 aliphatic carbocycles. The Labute approximate surface area is 126 Å². The maximum Gasteiger partial charge on any atom is 0.425 e. The van der Waals surface area contributed by atoms with E-state index in [0.29, 0.717) is 0 Å². The van der Waals surface area contributed by atoms with Gasteiger partial charge in [0.1, 0.15) is 0 Å². The van der Waals surface area contributed by atoms with Crippen LogP contribution in [0.2, 0.25) is 0 Å². The van der Waals surface area contributed by atoms with Gasteiger partial charge in [-0.3, -0.25) is 4.79 Å². The Bertz CT molecular complexity index is 516. The number of carbonyl (C=O) groups excluding carboxylic acids is 1. The minimum Gasteiger partial charge on any atom is -0.393 e. The largest absolute Gasteiger partial charge is 0.425 e. The highest BCUT2D eigenvalue weighted by Crippen LogP contribution is 2.41. The molecule has 1 rings (SSSR count). The van der Waals surface area contributed by atoms with Gasteiger partial charge in [-0.05, 0) is 13.3 Å². The summed E-state index contributed by atoms with van der Waals surface area (Å²) in [6.07, 6.45) is -4.28. The van der Waals surface area contributed by atoms with Crippen LogP contribution >= 0.6 is 0 Å². The first-order valence-electron chi connectivity index (χ1n) is 6.68. The summed E-state index contributed by atoms with van der Waals surface area (Å²) in [5, 5.41) is 19.2. The van der Waals surface area contributed by atoms with Gasteiger partial charge in [-0.2, -0.15) is 13.2 Å². The third-order valence-electron chi connectivity index (χ3n) is 3.38. The molecule has 1 aromatic heterocycles. The van der Waals surface area contributed by atoms with Crippen molar-refractivity contribution in [3.05, 3.63) is 18.2 Å². The topological polar surface area (TPSA) is 78.6 Å². The smallest absolute Gasteiger partial charge is 0.393 e. The van der Waals surface area contributed by atoms with Crippen LogP contribution in [0.25, 0.3) is 0 Å². The maximum absolute atomic E-state index is 13.3. The number of alkyl halides is 3. The summed E-state index contributed by atoms with van der Waals surface area (Å²) >= 11 is 0. The standard InChI is InChI=1S/C13H20F3N3O3/c1-9(20)4-6-18(2)10(21)8-12(22,13(14,15)16)11-17-5-7-19(11)3/h5,7,9,20,22H,4,6,8H2,1-3H3. The fourth-order valence-corrected chi connectivity index (χ4v) is 1.93. The molecule has 1 heterocycles. The monoisotopic (exact) mass is 323 g/mol. The van der Waals surface area contributed by atoms with Crippen LogP contribution < -0.4 is 0 Å². The predicted molar refractivity (Wildman–Crippen MR) is 71.7 cm³/mol. The Morgan fingerprint density at radius 3 is 2.50 bits per heavy atom. The number of hydrogen-bond acceptors (Lipinski definition) is 4. The van der Waals surface area contributed by atoms with Crippen LogP contribution in [0.5, 0.6) is 0 Å². The molecule has 0 aliphatic rings. The zero-order valence-electron chi connectivity index (χ0n) is 12.6. The normalized spacial score (nSPS) is 16.2. The summed E-state index contributed by atoms with van der Waals surface area (Å²) in [5.41, 5.74) is -3.36. The number of halogens is 3. The first kappa shape index (κ1) is 18.4. The number of aryl methyl sites for hydroxylation is 1. The molecule has 0 bridgehead atoms. The molecule has 126 valence electrons. The summed E-state index contributed by atoms with van der Waals surface area (Å²) < 4.78 is 40.8. The minimum absolute atomic E-state index is 0.0883. The molecule has 2 atom stereocenters. The van der Waals surface area contributed by atoms with Gasteiger partial charge < -0.3 is 19.7 Å². The van der Waals surface area contributed by atoms with E-state index >= 15 is 0 Å². The van der Waals surface area contributed by atoms with Crippen molar-refractivity contribution in [1.29, 1.82) is 0 Å². The van der Waals surface area contributed by atoms with Crippen molar-refractivity contribution in [2.45, 2.75) is 37.6 Å². The summed E-state index contributed by atoms with van der Waals surface area (Å²) in [5.74, 6) is -1.53. The van der Waals surface area contributed by atoms with E-state index in [2.05, 4.69) is 4.98 Å². The van der Waals surface area contributed by atoms with Gasteiger partial charge in [-0.25, -0.2) is 4.98 Å². The highest BCUT2D eigenvalue weighted by molar-refractivity contribution is 5.77. The lowest BCUT2D eigenvalue weighted by Gasteiger charge is -2.31. The van der Waals surface area contributed by atoms with Gasteiger partial charge in [0, 0.05) is 33.0 Å². The fraction of sp³-hybridized carbons (Fsp3) is 0.692. The zero-order chi connectivity index (χ0) is 17.1. The van der Waals surface area contributed by atoms with Crippen molar-refractivity contribution in [3.8, 4) is 0 Å². The second-order valence-electron chi connectivity index (χ2n) is 5.35. The summed E-state index contributed by atoms with van der Waals surface area (Å²) in [7, 11) is 2.63. The van der Waals surface area contributed by atoms with Crippen molar-refractivity contribution < 1.29 is 28.2 Å². The maximum atomic E-state index is 13.3. The van der Waals surface area contributed by atoms with E-state index in [1.807, 2.05) is 0 Å². The number of hydrogen-bond donors (Lipinski definition) is 2. The lowest BCUT2D eigenvalue weighted by atomic mass is 9.96. The van der Waals surface area contributed by atoms with E-state index in [4.69, 9.17) is 5.11 Å². The van der Waals surface area contributed by atoms with E-state index < -0.39 is 36.0 Å². The molecule has 0 radical (unpaired) electrons. The van der Waals surface area contributed by atoms with Crippen LogP contribution in [0, 0.1) is 0 Å². The predicted octanol–water partition coefficient (Wildman–Crippen LogP) is 0.789. The Morgan fingerprint density at radius 2 is 2.09 bits per heavy atom. The van der Waals surface area contributed by atoms with E-state index in [-0.39, 0.29) is 13.0 Å². The second kappa shape index (κ2) is 6.66. The molecule has 22 heavy (non-hydrogen) atoms. The first-order valence-corrected chi connectivity index (χ1v) is 6.68. The molecule has 2 unspecified atom stereocenters. The van der Waals surface area contributed by atoms with Gasteiger partial charge in [0.2, 0.25) is 11.5 Å². The Kier molecular flexibility index (Phi) is 5.58. The Balaban J connectivity index is 2.97. The molecule has 1 aromatic rings. The van der Waals surface area contributed by atoms with Crippen LogP contribution in [0.3, 0.4) is 0 Å². The van der Waals surface area contributed by atoms with E-state index in [9.17, 15) is 23.1 Å². The minimum atomic E-state index is -5.05. The average Bonchev–Trinajstić information content (AvgIpc) is 2.80. The van der Waals surface area contributed by atoms with Crippen LogP contribution in [0.15, 0.2) is 12.4 Å².